The van der Waals surface area contributed by atoms with Gasteiger partial charge in [0.05, 0.1) is 18.0 Å². The maximum absolute atomic E-state index is 11.7. The molecule has 9 heteroatoms. The van der Waals surface area contributed by atoms with Gasteiger partial charge in [0.1, 0.15) is 30.4 Å². The third-order valence-electron chi connectivity index (χ3n) is 7.68. The van der Waals surface area contributed by atoms with E-state index in [4.69, 9.17) is 18.6 Å². The van der Waals surface area contributed by atoms with Gasteiger partial charge in [-0.1, -0.05) is 30.3 Å². The lowest BCUT2D eigenvalue weighted by molar-refractivity contribution is -0.148. The molecular weight excluding hydrogens is 558 g/mol. The number of hydrogen-bond acceptors (Lipinski definition) is 7. The van der Waals surface area contributed by atoms with Gasteiger partial charge in [0.15, 0.2) is 11.5 Å². The molecule has 0 aliphatic rings. The molecule has 3 heterocycles. The molecule has 0 saturated carbocycles. The number of aromatic nitrogens is 3. The Morgan fingerprint density at radius 3 is 2.48 bits per heavy atom. The fraction of sp³-hybridized carbons (Fsp3) is 0.229. The third-order valence-corrected chi connectivity index (χ3v) is 7.68. The molecule has 0 unspecified atom stereocenters. The van der Waals surface area contributed by atoms with Crippen molar-refractivity contribution in [1.29, 1.82) is 0 Å². The minimum atomic E-state index is -1.02. The first kappa shape index (κ1) is 28.8. The van der Waals surface area contributed by atoms with Crippen molar-refractivity contribution < 1.29 is 28.5 Å². The zero-order chi connectivity index (χ0) is 30.8. The number of ether oxygens (including phenoxy) is 3. The van der Waals surface area contributed by atoms with Crippen LogP contribution in [0.25, 0.3) is 33.3 Å². The van der Waals surface area contributed by atoms with Crippen molar-refractivity contribution in [3.63, 3.8) is 0 Å². The Labute approximate surface area is 254 Å². The van der Waals surface area contributed by atoms with Crippen molar-refractivity contribution in [2.45, 2.75) is 33.9 Å². The number of carboxylic acid groups (broad SMARTS) is 1. The molecule has 0 fully saturated rings. The summed E-state index contributed by atoms with van der Waals surface area (Å²) in [5.74, 6) is 2.18. The molecule has 0 saturated heterocycles. The van der Waals surface area contributed by atoms with Gasteiger partial charge in [0.2, 0.25) is 5.89 Å². The number of oxazole rings is 1. The van der Waals surface area contributed by atoms with E-state index in [0.29, 0.717) is 41.1 Å². The minimum absolute atomic E-state index is 0.0541. The Morgan fingerprint density at radius 2 is 1.70 bits per heavy atom. The van der Waals surface area contributed by atoms with Crippen LogP contribution >= 0.6 is 0 Å². The molecule has 1 N–H and O–H groups in total. The second-order valence-corrected chi connectivity index (χ2v) is 11.3. The number of para-hydroxylation sites is 1. The maximum Gasteiger partial charge on any atom is 0.312 e. The van der Waals surface area contributed by atoms with E-state index >= 15 is 0 Å². The van der Waals surface area contributed by atoms with Gasteiger partial charge in [-0.25, -0.2) is 4.98 Å². The highest BCUT2D eigenvalue weighted by Gasteiger charge is 2.29. The average molecular weight is 592 g/mol. The first-order valence-electron chi connectivity index (χ1n) is 14.3. The molecule has 6 aromatic rings. The number of aryl methyl sites for hydroxylation is 1. The van der Waals surface area contributed by atoms with Gasteiger partial charge in [0.25, 0.3) is 0 Å². The van der Waals surface area contributed by atoms with Crippen LogP contribution in [0.15, 0.2) is 89.6 Å². The molecule has 3 aromatic carbocycles. The van der Waals surface area contributed by atoms with Crippen molar-refractivity contribution >= 4 is 27.8 Å². The molecule has 3 aromatic heterocycles. The van der Waals surface area contributed by atoms with Crippen LogP contribution in [0.3, 0.4) is 0 Å². The molecule has 0 aliphatic carbocycles. The number of hydrogen-bond donors (Lipinski definition) is 1. The predicted molar refractivity (Wildman–Crippen MR) is 167 cm³/mol. The molecule has 6 rings (SSSR count). The summed E-state index contributed by atoms with van der Waals surface area (Å²) in [5, 5.41) is 11.6. The first-order valence-corrected chi connectivity index (χ1v) is 14.3. The minimum Gasteiger partial charge on any atom is -0.493 e. The summed E-state index contributed by atoms with van der Waals surface area (Å²) in [5.41, 5.74) is 3.59. The van der Waals surface area contributed by atoms with E-state index in [-0.39, 0.29) is 13.2 Å². The monoisotopic (exact) mass is 591 g/mol. The summed E-state index contributed by atoms with van der Waals surface area (Å²) < 4.78 is 26.1. The molecule has 0 aliphatic heterocycles. The maximum atomic E-state index is 11.7. The van der Waals surface area contributed by atoms with Crippen LogP contribution in [0.5, 0.6) is 17.2 Å². The molecule has 0 bridgehead atoms. The number of carboxylic acids is 1. The van der Waals surface area contributed by atoms with Gasteiger partial charge < -0.3 is 28.3 Å². The van der Waals surface area contributed by atoms with Crippen molar-refractivity contribution in [3.05, 3.63) is 102 Å². The summed E-state index contributed by atoms with van der Waals surface area (Å²) in [7, 11) is 1.62. The van der Waals surface area contributed by atoms with Gasteiger partial charge in [-0.15, -0.1) is 0 Å². The number of fused-ring (bicyclic) bond motifs is 3. The smallest absolute Gasteiger partial charge is 0.312 e. The molecule has 0 atom stereocenters. The zero-order valence-corrected chi connectivity index (χ0v) is 25.0. The fourth-order valence-electron chi connectivity index (χ4n) is 5.11. The Morgan fingerprint density at radius 1 is 0.932 bits per heavy atom. The Kier molecular flexibility index (Phi) is 7.69. The molecule has 0 amide bonds. The van der Waals surface area contributed by atoms with Crippen molar-refractivity contribution in [2.24, 2.45) is 5.41 Å². The standard InChI is InChI=1S/C35H33N3O6/c1-22-26(37-33(44-22)24-14-16-36-17-15-24)20-42-29-13-12-23(18-31(29)41-4)19-38-27-9-6-5-8-25(27)32-28(38)10-7-11-30(32)43-21-35(2,3)34(39)40/h5-18H,19-21H2,1-4H3,(H,39,40). The highest BCUT2D eigenvalue weighted by molar-refractivity contribution is 6.11. The van der Waals surface area contributed by atoms with Gasteiger partial charge in [-0.2, -0.15) is 0 Å². The third kappa shape index (κ3) is 5.56. The van der Waals surface area contributed by atoms with Crippen molar-refractivity contribution in [1.82, 2.24) is 14.5 Å². The number of nitrogens with zero attached hydrogens (tertiary/aromatic N) is 3. The number of methoxy groups -OCH3 is 1. The molecule has 9 nitrogen and oxygen atoms in total. The largest absolute Gasteiger partial charge is 0.493 e. The second kappa shape index (κ2) is 11.8. The van der Waals surface area contributed by atoms with Gasteiger partial charge >= 0.3 is 5.97 Å². The van der Waals surface area contributed by atoms with E-state index in [1.807, 2.05) is 61.5 Å². The van der Waals surface area contributed by atoms with Crippen molar-refractivity contribution in [2.75, 3.05) is 13.7 Å². The summed E-state index contributed by atoms with van der Waals surface area (Å²) in [6.07, 6.45) is 3.40. The average Bonchev–Trinajstić information content (AvgIpc) is 3.57. The second-order valence-electron chi connectivity index (χ2n) is 11.3. The number of benzene rings is 3. The zero-order valence-electron chi connectivity index (χ0n) is 25.0. The van der Waals surface area contributed by atoms with E-state index in [9.17, 15) is 9.90 Å². The number of rotatable bonds is 11. The lowest BCUT2D eigenvalue weighted by atomic mass is 9.95. The first-order chi connectivity index (χ1) is 21.2. The lowest BCUT2D eigenvalue weighted by Crippen LogP contribution is -2.30. The quantitative estimate of drug-likeness (QED) is 0.167. The van der Waals surface area contributed by atoms with Crippen LogP contribution in [0.1, 0.15) is 30.9 Å². The molecule has 224 valence electrons. The van der Waals surface area contributed by atoms with Crippen molar-refractivity contribution in [3.8, 4) is 28.7 Å². The normalized spacial score (nSPS) is 11.6. The van der Waals surface area contributed by atoms with E-state index in [1.165, 1.54) is 0 Å². The van der Waals surface area contributed by atoms with Crippen LogP contribution in [-0.2, 0) is 17.9 Å². The Bertz CT molecular complexity index is 1960. The topological polar surface area (TPSA) is 109 Å². The predicted octanol–water partition coefficient (Wildman–Crippen LogP) is 7.28. The van der Waals surface area contributed by atoms with Crippen LogP contribution in [0.4, 0.5) is 0 Å². The highest BCUT2D eigenvalue weighted by atomic mass is 16.5. The van der Waals surface area contributed by atoms with E-state index < -0.39 is 11.4 Å². The fourth-order valence-corrected chi connectivity index (χ4v) is 5.11. The van der Waals surface area contributed by atoms with Gasteiger partial charge in [-0.05, 0) is 68.8 Å². The Hall–Kier alpha value is -5.31. The van der Waals surface area contributed by atoms with Gasteiger partial charge in [0, 0.05) is 40.8 Å². The van der Waals surface area contributed by atoms with Crippen LogP contribution in [0, 0.1) is 12.3 Å². The number of aliphatic carboxylic acids is 1. The number of pyridine rings is 1. The summed E-state index contributed by atoms with van der Waals surface area (Å²) in [6.45, 7) is 6.04. The molecule has 0 spiro atoms. The summed E-state index contributed by atoms with van der Waals surface area (Å²) in [6, 6.07) is 23.6. The molecule has 0 radical (unpaired) electrons. The van der Waals surface area contributed by atoms with Crippen LogP contribution < -0.4 is 14.2 Å². The number of carbonyl (C=O) groups is 1. The highest BCUT2D eigenvalue weighted by Crippen LogP contribution is 2.38. The lowest BCUT2D eigenvalue weighted by Gasteiger charge is -2.20. The van der Waals surface area contributed by atoms with Crippen LogP contribution in [0.2, 0.25) is 0 Å². The van der Waals surface area contributed by atoms with E-state index in [2.05, 4.69) is 32.7 Å². The SMILES string of the molecule is COc1cc(Cn2c3ccccc3c3c(OCC(C)(C)C(=O)O)cccc32)ccc1OCc1nc(-c2ccncc2)oc1C. The summed E-state index contributed by atoms with van der Waals surface area (Å²) >= 11 is 0. The van der Waals surface area contributed by atoms with E-state index in [1.54, 1.807) is 33.4 Å². The van der Waals surface area contributed by atoms with E-state index in [0.717, 1.165) is 32.9 Å². The van der Waals surface area contributed by atoms with Crippen LogP contribution in [-0.4, -0.2) is 39.3 Å². The molecular formula is C35H33N3O6. The van der Waals surface area contributed by atoms with Gasteiger partial charge in [-0.3, -0.25) is 9.78 Å². The Balaban J connectivity index is 1.27. The summed E-state index contributed by atoms with van der Waals surface area (Å²) in [4.78, 5) is 20.3. The molecule has 44 heavy (non-hydrogen) atoms.